The van der Waals surface area contributed by atoms with Crippen LogP contribution in [0.1, 0.15) is 32.3 Å². The summed E-state index contributed by atoms with van der Waals surface area (Å²) in [5.74, 6) is 0. The van der Waals surface area contributed by atoms with Crippen molar-refractivity contribution < 1.29 is 4.58 Å². The van der Waals surface area contributed by atoms with Crippen LogP contribution in [-0.4, -0.2) is 16.8 Å². The molecule has 0 atom stereocenters. The van der Waals surface area contributed by atoms with Gasteiger partial charge in [-0.1, -0.05) is 37.1 Å². The first kappa shape index (κ1) is 11.7. The minimum absolute atomic E-state index is 0.825. The van der Waals surface area contributed by atoms with Crippen LogP contribution in [0.4, 0.5) is 5.69 Å². The maximum atomic E-state index is 6.24. The molecule has 1 aliphatic heterocycles. The summed E-state index contributed by atoms with van der Waals surface area (Å²) in [6.45, 7) is 5.51. The highest BCUT2D eigenvalue weighted by Crippen LogP contribution is 2.37. The Balaban J connectivity index is 2.26. The lowest BCUT2D eigenvalue weighted by atomic mass is 10.0. The van der Waals surface area contributed by atoms with Gasteiger partial charge in [-0.15, -0.1) is 0 Å². The van der Waals surface area contributed by atoms with Gasteiger partial charge in [-0.2, -0.15) is 4.58 Å². The minimum atomic E-state index is 0.825. The molecule has 2 aromatic rings. The third kappa shape index (κ3) is 1.65. The molecule has 0 bridgehead atoms. The lowest BCUT2D eigenvalue weighted by Gasteiger charge is -2.02. The molecule has 1 nitrogen and oxygen atoms in total. The van der Waals surface area contributed by atoms with Gasteiger partial charge in [0.2, 0.25) is 5.69 Å². The number of halogens is 1. The summed E-state index contributed by atoms with van der Waals surface area (Å²) in [4.78, 5) is 0. The van der Waals surface area contributed by atoms with Crippen LogP contribution in [0.3, 0.4) is 0 Å². The van der Waals surface area contributed by atoms with Gasteiger partial charge in [-0.05, 0) is 17.5 Å². The second-order valence-electron chi connectivity index (χ2n) is 4.92. The lowest BCUT2D eigenvalue weighted by molar-refractivity contribution is -0.437. The predicted octanol–water partition coefficient (Wildman–Crippen LogP) is 4.76. The normalized spacial score (nSPS) is 13.7. The smallest absolute Gasteiger partial charge is 0.195 e. The molecule has 3 rings (SSSR count). The van der Waals surface area contributed by atoms with Crippen molar-refractivity contribution in [2.24, 2.45) is 0 Å². The van der Waals surface area contributed by atoms with E-state index in [-0.39, 0.29) is 0 Å². The number of hydrogen-bond donors (Lipinski definition) is 0. The van der Waals surface area contributed by atoms with Gasteiger partial charge in [-0.3, -0.25) is 0 Å². The topological polar surface area (TPSA) is 3.01 Å². The summed E-state index contributed by atoms with van der Waals surface area (Å²) >= 11 is 6.24. The zero-order chi connectivity index (χ0) is 12.7. The Labute approximate surface area is 113 Å². The highest BCUT2D eigenvalue weighted by atomic mass is 35.5. The number of rotatable bonds is 3. The number of hydrogen-bond acceptors (Lipinski definition) is 0. The quantitative estimate of drug-likeness (QED) is 0.699. The van der Waals surface area contributed by atoms with Gasteiger partial charge in [0, 0.05) is 24.4 Å². The molecule has 0 N–H and O–H groups in total. The van der Waals surface area contributed by atoms with Gasteiger partial charge in [-0.25, -0.2) is 0 Å². The van der Waals surface area contributed by atoms with Gasteiger partial charge < -0.3 is 0 Å². The van der Waals surface area contributed by atoms with Gasteiger partial charge in [0.15, 0.2) is 5.71 Å². The Bertz CT molecular complexity index is 655. The van der Waals surface area contributed by atoms with Crippen LogP contribution in [0, 0.1) is 0 Å². The predicted molar refractivity (Wildman–Crippen MR) is 78.4 cm³/mol. The van der Waals surface area contributed by atoms with Gasteiger partial charge in [0.25, 0.3) is 0 Å². The molecule has 1 heterocycles. The van der Waals surface area contributed by atoms with E-state index in [1.54, 1.807) is 0 Å². The number of unbranched alkanes of at least 4 members (excludes halogenated alkanes) is 1. The first-order valence-electron chi connectivity index (χ1n) is 6.56. The Morgan fingerprint density at radius 1 is 1.22 bits per heavy atom. The molecule has 92 valence electrons. The van der Waals surface area contributed by atoms with Crippen molar-refractivity contribution in [3.63, 3.8) is 0 Å². The molecule has 0 unspecified atom stereocenters. The van der Waals surface area contributed by atoms with E-state index < -0.39 is 0 Å². The van der Waals surface area contributed by atoms with Crippen molar-refractivity contribution in [3.05, 3.63) is 40.9 Å². The third-order valence-corrected chi connectivity index (χ3v) is 3.96. The molecule has 0 aliphatic carbocycles. The maximum absolute atomic E-state index is 6.24. The van der Waals surface area contributed by atoms with E-state index in [1.807, 2.05) is 0 Å². The largest absolute Gasteiger partial charge is 0.215 e. The Morgan fingerprint density at radius 3 is 2.83 bits per heavy atom. The Hall–Kier alpha value is -1.34. The molecule has 0 fully saturated rings. The molecule has 0 saturated carbocycles. The second kappa shape index (κ2) is 4.40. The summed E-state index contributed by atoms with van der Waals surface area (Å²) in [7, 11) is 0. The number of nitrogens with zero attached hydrogens (tertiary/aromatic N) is 1. The van der Waals surface area contributed by atoms with Crippen molar-refractivity contribution >= 4 is 33.8 Å². The van der Waals surface area contributed by atoms with E-state index in [0.29, 0.717) is 0 Å². The Kier molecular flexibility index (Phi) is 2.87. The summed E-state index contributed by atoms with van der Waals surface area (Å²) < 4.78 is 2.41. The average molecular weight is 259 g/mol. The summed E-state index contributed by atoms with van der Waals surface area (Å²) in [5.41, 5.74) is 3.99. The first-order valence-corrected chi connectivity index (χ1v) is 6.94. The summed E-state index contributed by atoms with van der Waals surface area (Å²) in [6.07, 6.45) is 2.42. The van der Waals surface area contributed by atoms with E-state index in [0.717, 1.165) is 11.6 Å². The zero-order valence-electron chi connectivity index (χ0n) is 10.8. The molecular weight excluding hydrogens is 242 g/mol. The first-order chi connectivity index (χ1) is 8.72. The highest BCUT2D eigenvalue weighted by Gasteiger charge is 2.28. The third-order valence-electron chi connectivity index (χ3n) is 3.74. The van der Waals surface area contributed by atoms with Crippen LogP contribution in [0.15, 0.2) is 30.3 Å². The molecular formula is C16H17ClN+. The average Bonchev–Trinajstić information content (AvgIpc) is 2.62. The molecule has 0 amide bonds. The highest BCUT2D eigenvalue weighted by molar-refractivity contribution is 6.32. The van der Waals surface area contributed by atoms with Crippen molar-refractivity contribution in [1.29, 1.82) is 0 Å². The minimum Gasteiger partial charge on any atom is -0.195 e. The molecule has 2 heteroatoms. The van der Waals surface area contributed by atoms with Crippen molar-refractivity contribution in [3.8, 4) is 0 Å². The van der Waals surface area contributed by atoms with Crippen LogP contribution in [0.5, 0.6) is 0 Å². The molecule has 1 aliphatic rings. The second-order valence-corrected chi connectivity index (χ2v) is 5.36. The molecule has 0 saturated heterocycles. The van der Waals surface area contributed by atoms with E-state index in [9.17, 15) is 0 Å². The fraction of sp³-hybridized carbons (Fsp3) is 0.312. The van der Waals surface area contributed by atoms with Crippen LogP contribution in [0.2, 0.25) is 5.02 Å². The monoisotopic (exact) mass is 258 g/mol. The Morgan fingerprint density at radius 2 is 2.06 bits per heavy atom. The van der Waals surface area contributed by atoms with Crippen LogP contribution in [0.25, 0.3) is 10.8 Å². The van der Waals surface area contributed by atoms with E-state index in [4.69, 9.17) is 11.6 Å². The molecule has 0 spiro atoms. The summed E-state index contributed by atoms with van der Waals surface area (Å²) in [6, 6.07) is 10.6. The molecule has 2 aromatic carbocycles. The zero-order valence-corrected chi connectivity index (χ0v) is 11.6. The van der Waals surface area contributed by atoms with Crippen molar-refractivity contribution in [1.82, 2.24) is 0 Å². The van der Waals surface area contributed by atoms with Gasteiger partial charge in [0.05, 0.1) is 10.9 Å². The van der Waals surface area contributed by atoms with E-state index in [2.05, 4.69) is 48.8 Å². The summed E-state index contributed by atoms with van der Waals surface area (Å²) in [5, 5.41) is 3.43. The van der Waals surface area contributed by atoms with E-state index >= 15 is 0 Å². The molecule has 0 radical (unpaired) electrons. The molecule has 18 heavy (non-hydrogen) atoms. The van der Waals surface area contributed by atoms with Crippen LogP contribution >= 0.6 is 11.6 Å². The lowest BCUT2D eigenvalue weighted by Crippen LogP contribution is -2.12. The van der Waals surface area contributed by atoms with Crippen molar-refractivity contribution in [2.45, 2.75) is 26.7 Å². The van der Waals surface area contributed by atoms with Crippen LogP contribution in [-0.2, 0) is 0 Å². The van der Waals surface area contributed by atoms with Gasteiger partial charge >= 0.3 is 0 Å². The fourth-order valence-corrected chi connectivity index (χ4v) is 3.04. The van der Waals surface area contributed by atoms with E-state index in [1.165, 1.54) is 40.6 Å². The van der Waals surface area contributed by atoms with Crippen LogP contribution < -0.4 is 0 Å². The maximum Gasteiger partial charge on any atom is 0.215 e. The fourth-order valence-electron chi connectivity index (χ4n) is 2.81. The number of benzene rings is 2. The van der Waals surface area contributed by atoms with Crippen molar-refractivity contribution in [2.75, 3.05) is 6.54 Å². The standard InChI is InChI=1S/C16H17ClN/c1-3-4-8-18-11(2)14-7-5-6-12-9-13(17)10-15(18)16(12)14/h5-7,9-10H,3-4,8H2,1-2H3/q+1. The van der Waals surface area contributed by atoms with Gasteiger partial charge in [0.1, 0.15) is 6.54 Å². The SMILES string of the molecule is CCCC[N+]1=C(C)c2cccc3cc(Cl)cc1c23. The molecule has 0 aromatic heterocycles.